The second-order valence-corrected chi connectivity index (χ2v) is 7.85. The van der Waals surface area contributed by atoms with Crippen LogP contribution in [0.2, 0.25) is 0 Å². The first-order chi connectivity index (χ1) is 14.0. The number of hydrogen-bond donors (Lipinski definition) is 2. The summed E-state index contributed by atoms with van der Waals surface area (Å²) in [6, 6.07) is 12.1. The van der Waals surface area contributed by atoms with E-state index in [1.165, 1.54) is 0 Å². The highest BCUT2D eigenvalue weighted by Crippen LogP contribution is 2.33. The van der Waals surface area contributed by atoms with E-state index in [4.69, 9.17) is 14.4 Å². The standard InChI is InChI=1S/C22H23N5O2/c1-12-10-27(11-13(2)23-12)22-7-6-17-18(26-22)5-4-16(25-17)15-8-21-19(9-20(15)28)24-14(3)29-21/h4-9,12-13,23,28H,10-11H2,1-3H3/t12-,13-/m1/s1. The van der Waals surface area contributed by atoms with Crippen LogP contribution in [0.25, 0.3) is 33.4 Å². The minimum atomic E-state index is 0.131. The molecule has 148 valence electrons. The lowest BCUT2D eigenvalue weighted by Gasteiger charge is -2.36. The van der Waals surface area contributed by atoms with Crippen LogP contribution in [0, 0.1) is 6.92 Å². The second-order valence-electron chi connectivity index (χ2n) is 7.85. The Morgan fingerprint density at radius 3 is 2.48 bits per heavy atom. The van der Waals surface area contributed by atoms with Crippen LogP contribution in [-0.2, 0) is 0 Å². The summed E-state index contributed by atoms with van der Waals surface area (Å²) in [6.45, 7) is 8.03. The fourth-order valence-electron chi connectivity index (χ4n) is 4.12. The molecule has 0 aliphatic carbocycles. The first kappa shape index (κ1) is 17.9. The number of benzene rings is 1. The lowest BCUT2D eigenvalue weighted by molar-refractivity contribution is 0.405. The Hall–Kier alpha value is -3.19. The Labute approximate surface area is 168 Å². The topological polar surface area (TPSA) is 87.3 Å². The molecule has 29 heavy (non-hydrogen) atoms. The summed E-state index contributed by atoms with van der Waals surface area (Å²) < 4.78 is 5.60. The highest BCUT2D eigenvalue weighted by Gasteiger charge is 2.22. The van der Waals surface area contributed by atoms with Gasteiger partial charge in [-0.15, -0.1) is 0 Å². The molecule has 5 rings (SSSR count). The van der Waals surface area contributed by atoms with Gasteiger partial charge >= 0.3 is 0 Å². The summed E-state index contributed by atoms with van der Waals surface area (Å²) in [6.07, 6.45) is 0. The van der Waals surface area contributed by atoms with Gasteiger partial charge in [-0.2, -0.15) is 0 Å². The van der Waals surface area contributed by atoms with E-state index in [0.717, 1.165) is 29.9 Å². The van der Waals surface area contributed by atoms with Gasteiger partial charge in [-0.25, -0.2) is 15.0 Å². The molecule has 2 atom stereocenters. The summed E-state index contributed by atoms with van der Waals surface area (Å²) in [4.78, 5) is 16.1. The number of aromatic nitrogens is 3. The quantitative estimate of drug-likeness (QED) is 0.541. The number of oxazole rings is 1. The first-order valence-electron chi connectivity index (χ1n) is 9.85. The molecule has 7 nitrogen and oxygen atoms in total. The Kier molecular flexibility index (Phi) is 4.13. The Morgan fingerprint density at radius 1 is 0.966 bits per heavy atom. The van der Waals surface area contributed by atoms with Crippen LogP contribution in [0.5, 0.6) is 5.75 Å². The molecule has 2 N–H and O–H groups in total. The van der Waals surface area contributed by atoms with Gasteiger partial charge in [0.2, 0.25) is 0 Å². The van der Waals surface area contributed by atoms with Crippen molar-refractivity contribution < 1.29 is 9.52 Å². The van der Waals surface area contributed by atoms with Crippen molar-refractivity contribution in [1.82, 2.24) is 20.3 Å². The Bertz CT molecular complexity index is 1210. The first-order valence-corrected chi connectivity index (χ1v) is 9.85. The van der Waals surface area contributed by atoms with Crippen LogP contribution in [0.15, 0.2) is 40.8 Å². The van der Waals surface area contributed by atoms with E-state index in [2.05, 4.69) is 29.0 Å². The van der Waals surface area contributed by atoms with E-state index in [1.54, 1.807) is 19.1 Å². The molecule has 4 heterocycles. The fourth-order valence-corrected chi connectivity index (χ4v) is 4.12. The average Bonchev–Trinajstić information content (AvgIpc) is 3.04. The molecule has 0 radical (unpaired) electrons. The molecule has 0 amide bonds. The maximum absolute atomic E-state index is 10.5. The molecule has 0 unspecified atom stereocenters. The second kappa shape index (κ2) is 6.70. The highest BCUT2D eigenvalue weighted by molar-refractivity contribution is 5.86. The molecule has 1 aliphatic heterocycles. The molecule has 0 spiro atoms. The molecule has 4 aromatic rings. The van der Waals surface area contributed by atoms with E-state index in [-0.39, 0.29) is 5.75 Å². The van der Waals surface area contributed by atoms with E-state index in [9.17, 15) is 5.11 Å². The lowest BCUT2D eigenvalue weighted by Crippen LogP contribution is -2.54. The normalized spacial score (nSPS) is 19.9. The van der Waals surface area contributed by atoms with Crippen LogP contribution in [0.3, 0.4) is 0 Å². The minimum absolute atomic E-state index is 0.131. The van der Waals surface area contributed by atoms with Crippen LogP contribution < -0.4 is 10.2 Å². The number of rotatable bonds is 2. The van der Waals surface area contributed by atoms with Gasteiger partial charge in [0, 0.05) is 43.7 Å². The highest BCUT2D eigenvalue weighted by atomic mass is 16.3. The van der Waals surface area contributed by atoms with Crippen LogP contribution >= 0.6 is 0 Å². The van der Waals surface area contributed by atoms with Crippen molar-refractivity contribution in [3.63, 3.8) is 0 Å². The molecule has 7 heteroatoms. The van der Waals surface area contributed by atoms with Crippen LogP contribution in [-0.4, -0.2) is 45.2 Å². The molecular formula is C22H23N5O2. The van der Waals surface area contributed by atoms with Gasteiger partial charge in [0.15, 0.2) is 11.5 Å². The van der Waals surface area contributed by atoms with Crippen molar-refractivity contribution in [2.24, 2.45) is 0 Å². The third-order valence-electron chi connectivity index (χ3n) is 5.30. The number of aryl methyl sites for hydroxylation is 1. The molecular weight excluding hydrogens is 366 g/mol. The minimum Gasteiger partial charge on any atom is -0.507 e. The Balaban J connectivity index is 1.52. The number of fused-ring (bicyclic) bond motifs is 2. The van der Waals surface area contributed by atoms with Crippen molar-refractivity contribution in [2.75, 3.05) is 18.0 Å². The maximum Gasteiger partial charge on any atom is 0.192 e. The maximum atomic E-state index is 10.5. The van der Waals surface area contributed by atoms with E-state index in [1.807, 2.05) is 24.3 Å². The van der Waals surface area contributed by atoms with Crippen molar-refractivity contribution in [2.45, 2.75) is 32.9 Å². The molecule has 1 aliphatic rings. The van der Waals surface area contributed by atoms with Gasteiger partial charge < -0.3 is 19.7 Å². The van der Waals surface area contributed by atoms with Crippen molar-refractivity contribution in [1.29, 1.82) is 0 Å². The number of phenols is 1. The van der Waals surface area contributed by atoms with Gasteiger partial charge in [-0.05, 0) is 44.2 Å². The van der Waals surface area contributed by atoms with Crippen LogP contribution in [0.1, 0.15) is 19.7 Å². The zero-order valence-electron chi connectivity index (χ0n) is 16.7. The van der Waals surface area contributed by atoms with E-state index >= 15 is 0 Å². The van der Waals surface area contributed by atoms with Gasteiger partial charge in [-0.3, -0.25) is 0 Å². The third kappa shape index (κ3) is 3.27. The van der Waals surface area contributed by atoms with E-state index in [0.29, 0.717) is 40.3 Å². The predicted molar refractivity (Wildman–Crippen MR) is 113 cm³/mol. The SMILES string of the molecule is Cc1nc2cc(O)c(-c3ccc4nc(N5C[C@@H](C)N[C@H](C)C5)ccc4n3)cc2o1. The smallest absolute Gasteiger partial charge is 0.192 e. The zero-order chi connectivity index (χ0) is 20.1. The number of piperazine rings is 1. The van der Waals surface area contributed by atoms with Crippen molar-refractivity contribution >= 4 is 28.0 Å². The number of phenolic OH excluding ortho intramolecular Hbond substituents is 1. The van der Waals surface area contributed by atoms with Crippen LogP contribution in [0.4, 0.5) is 5.82 Å². The van der Waals surface area contributed by atoms with Gasteiger partial charge in [0.25, 0.3) is 0 Å². The summed E-state index contributed by atoms with van der Waals surface area (Å²) >= 11 is 0. The number of pyridine rings is 2. The summed E-state index contributed by atoms with van der Waals surface area (Å²) in [5.41, 5.74) is 4.18. The zero-order valence-corrected chi connectivity index (χ0v) is 16.7. The lowest BCUT2D eigenvalue weighted by atomic mass is 10.1. The largest absolute Gasteiger partial charge is 0.507 e. The van der Waals surface area contributed by atoms with Gasteiger partial charge in [0.05, 0.1) is 16.7 Å². The molecule has 3 aromatic heterocycles. The van der Waals surface area contributed by atoms with Crippen molar-refractivity contribution in [3.05, 3.63) is 42.3 Å². The number of nitrogens with zero attached hydrogens (tertiary/aromatic N) is 4. The van der Waals surface area contributed by atoms with Gasteiger partial charge in [0.1, 0.15) is 17.1 Å². The third-order valence-corrected chi connectivity index (χ3v) is 5.30. The summed E-state index contributed by atoms with van der Waals surface area (Å²) in [5.74, 6) is 1.66. The number of nitrogens with one attached hydrogen (secondary N) is 1. The summed E-state index contributed by atoms with van der Waals surface area (Å²) in [7, 11) is 0. The number of aromatic hydroxyl groups is 1. The molecule has 1 fully saturated rings. The molecule has 1 saturated heterocycles. The van der Waals surface area contributed by atoms with Crippen molar-refractivity contribution in [3.8, 4) is 17.0 Å². The predicted octanol–water partition coefficient (Wildman–Crippen LogP) is 3.64. The molecule has 0 bridgehead atoms. The monoisotopic (exact) mass is 389 g/mol. The Morgan fingerprint density at radius 2 is 1.69 bits per heavy atom. The number of anilines is 1. The number of hydrogen-bond acceptors (Lipinski definition) is 7. The fraction of sp³-hybridized carbons (Fsp3) is 0.318. The molecule has 1 aromatic carbocycles. The average molecular weight is 389 g/mol. The molecule has 0 saturated carbocycles. The van der Waals surface area contributed by atoms with Gasteiger partial charge in [-0.1, -0.05) is 0 Å². The van der Waals surface area contributed by atoms with E-state index < -0.39 is 0 Å². The summed E-state index contributed by atoms with van der Waals surface area (Å²) in [5, 5.41) is 14.0.